The van der Waals surface area contributed by atoms with Crippen LogP contribution in [0.5, 0.6) is 0 Å². The highest BCUT2D eigenvalue weighted by atomic mass is 28.3. The molecule has 1 aromatic heterocycles. The lowest BCUT2D eigenvalue weighted by Gasteiger charge is -2.11. The molecule has 0 aliphatic carbocycles. The summed E-state index contributed by atoms with van der Waals surface area (Å²) in [5, 5.41) is 1.19. The molecule has 1 heterocycles. The normalized spacial score (nSPS) is 11.3. The molecular formula is C12H18O2Si. The van der Waals surface area contributed by atoms with Crippen molar-refractivity contribution in [1.29, 1.82) is 0 Å². The molecule has 0 aromatic carbocycles. The molecule has 2 nitrogen and oxygen atoms in total. The quantitative estimate of drug-likeness (QED) is 0.447. The Labute approximate surface area is 92.0 Å². The maximum Gasteiger partial charge on any atom is 0.220 e. The van der Waals surface area contributed by atoms with E-state index in [1.165, 1.54) is 5.19 Å². The third-order valence-electron chi connectivity index (χ3n) is 2.13. The molecule has 0 N–H and O–H groups in total. The second-order valence-corrected chi connectivity index (χ2v) is 10.1. The van der Waals surface area contributed by atoms with Crippen molar-refractivity contribution in [2.24, 2.45) is 0 Å². The van der Waals surface area contributed by atoms with Crippen LogP contribution in [0, 0.1) is 0 Å². The Morgan fingerprint density at radius 1 is 1.33 bits per heavy atom. The molecule has 0 spiro atoms. The summed E-state index contributed by atoms with van der Waals surface area (Å²) in [4.78, 5) is 11.6. The number of ketones is 1. The maximum absolute atomic E-state index is 11.6. The van der Waals surface area contributed by atoms with Crippen LogP contribution in [-0.4, -0.2) is 13.9 Å². The third-order valence-corrected chi connectivity index (χ3v) is 4.12. The number of furan rings is 1. The first kappa shape index (κ1) is 12.0. The summed E-state index contributed by atoms with van der Waals surface area (Å²) in [5.41, 5.74) is 0.992. The van der Waals surface area contributed by atoms with Gasteiger partial charge < -0.3 is 4.42 Å². The van der Waals surface area contributed by atoms with Crippen LogP contribution in [0.1, 0.15) is 24.4 Å². The topological polar surface area (TPSA) is 30.2 Å². The monoisotopic (exact) mass is 222 g/mol. The van der Waals surface area contributed by atoms with Gasteiger partial charge in [0.05, 0.1) is 14.3 Å². The summed E-state index contributed by atoms with van der Waals surface area (Å²) in [7, 11) is -1.36. The smallest absolute Gasteiger partial charge is 0.220 e. The van der Waals surface area contributed by atoms with Crippen LogP contribution in [0.2, 0.25) is 19.6 Å². The zero-order chi connectivity index (χ0) is 11.6. The maximum atomic E-state index is 11.6. The molecule has 0 fully saturated rings. The first-order valence-electron chi connectivity index (χ1n) is 5.09. The van der Waals surface area contributed by atoms with Gasteiger partial charge in [0.15, 0.2) is 5.76 Å². The predicted octanol–water partition coefficient (Wildman–Crippen LogP) is 2.97. The Hall–Kier alpha value is -1.09. The van der Waals surface area contributed by atoms with Crippen LogP contribution in [-0.2, 0) is 0 Å². The van der Waals surface area contributed by atoms with Crippen LogP contribution < -0.4 is 5.19 Å². The summed E-state index contributed by atoms with van der Waals surface area (Å²) in [5.74, 6) is 0.410. The van der Waals surface area contributed by atoms with Crippen LogP contribution in [0.25, 0.3) is 0 Å². The molecule has 1 aromatic rings. The van der Waals surface area contributed by atoms with Gasteiger partial charge in [-0.3, -0.25) is 4.79 Å². The van der Waals surface area contributed by atoms with Crippen molar-refractivity contribution in [2.45, 2.75) is 33.5 Å². The van der Waals surface area contributed by atoms with E-state index >= 15 is 0 Å². The Bertz CT molecular complexity index is 390. The summed E-state index contributed by atoms with van der Waals surface area (Å²) in [6.07, 6.45) is 3.32. The van der Waals surface area contributed by atoms with Crippen LogP contribution in [0.3, 0.4) is 0 Å². The Kier molecular flexibility index (Phi) is 3.34. The minimum atomic E-state index is -1.36. The molecule has 82 valence electrons. The highest BCUT2D eigenvalue weighted by molar-refractivity contribution is 6.88. The zero-order valence-corrected chi connectivity index (χ0v) is 11.0. The van der Waals surface area contributed by atoms with E-state index in [1.807, 2.05) is 19.9 Å². The lowest BCUT2D eigenvalue weighted by molar-refractivity contribution is 0.102. The standard InChI is InChI=1S/C12H18O2Si/c1-9(2)6-11(13)12-7-10(8-14-12)15(3,4)5/h6-8H,1-5H3. The van der Waals surface area contributed by atoms with E-state index in [0.717, 1.165) is 5.57 Å². The van der Waals surface area contributed by atoms with Gasteiger partial charge in [0.25, 0.3) is 0 Å². The molecule has 0 amide bonds. The number of hydrogen-bond donors (Lipinski definition) is 0. The van der Waals surface area contributed by atoms with Gasteiger partial charge in [-0.1, -0.05) is 25.2 Å². The second kappa shape index (κ2) is 4.19. The van der Waals surface area contributed by atoms with Crippen LogP contribution >= 0.6 is 0 Å². The Morgan fingerprint density at radius 3 is 2.33 bits per heavy atom. The van der Waals surface area contributed by atoms with Crippen molar-refractivity contribution in [3.05, 3.63) is 29.7 Å². The van der Waals surface area contributed by atoms with Gasteiger partial charge in [0, 0.05) is 0 Å². The molecule has 0 radical (unpaired) electrons. The third kappa shape index (κ3) is 3.20. The fourth-order valence-electron chi connectivity index (χ4n) is 1.19. The van der Waals surface area contributed by atoms with Crippen LogP contribution in [0.4, 0.5) is 0 Å². The van der Waals surface area contributed by atoms with Crippen molar-refractivity contribution in [3.63, 3.8) is 0 Å². The zero-order valence-electron chi connectivity index (χ0n) is 10.0. The van der Waals surface area contributed by atoms with Crippen molar-refractivity contribution in [1.82, 2.24) is 0 Å². The van der Waals surface area contributed by atoms with E-state index in [9.17, 15) is 4.79 Å². The van der Waals surface area contributed by atoms with Gasteiger partial charge in [-0.25, -0.2) is 0 Å². The average molecular weight is 222 g/mol. The van der Waals surface area contributed by atoms with Crippen molar-refractivity contribution >= 4 is 19.0 Å². The van der Waals surface area contributed by atoms with Crippen LogP contribution in [0.15, 0.2) is 28.4 Å². The highest BCUT2D eigenvalue weighted by Gasteiger charge is 2.20. The molecule has 1 rings (SSSR count). The van der Waals surface area contributed by atoms with E-state index in [-0.39, 0.29) is 5.78 Å². The van der Waals surface area contributed by atoms with Gasteiger partial charge in [-0.2, -0.15) is 0 Å². The fraction of sp³-hybridized carbons (Fsp3) is 0.417. The van der Waals surface area contributed by atoms with Crippen molar-refractivity contribution in [3.8, 4) is 0 Å². The molecule has 3 heteroatoms. The van der Waals surface area contributed by atoms with Gasteiger partial charge in [0.1, 0.15) is 0 Å². The number of carbonyl (C=O) groups excluding carboxylic acids is 1. The minimum absolute atomic E-state index is 0.0421. The molecule has 0 atom stereocenters. The fourth-order valence-corrected chi connectivity index (χ4v) is 2.17. The van der Waals surface area contributed by atoms with Crippen molar-refractivity contribution < 1.29 is 9.21 Å². The van der Waals surface area contributed by atoms with Gasteiger partial charge in [-0.05, 0) is 31.2 Å². The molecule has 0 saturated heterocycles. The molecule has 0 bridgehead atoms. The molecule has 0 aliphatic rings. The number of hydrogen-bond acceptors (Lipinski definition) is 2. The molecule has 0 unspecified atom stereocenters. The van der Waals surface area contributed by atoms with E-state index in [0.29, 0.717) is 5.76 Å². The number of rotatable bonds is 3. The highest BCUT2D eigenvalue weighted by Crippen LogP contribution is 2.08. The number of carbonyl (C=O) groups is 1. The molecule has 0 saturated carbocycles. The lowest BCUT2D eigenvalue weighted by Crippen LogP contribution is -2.36. The lowest BCUT2D eigenvalue weighted by atomic mass is 10.2. The minimum Gasteiger partial charge on any atom is -0.461 e. The average Bonchev–Trinajstić information content (AvgIpc) is 2.48. The van der Waals surface area contributed by atoms with E-state index < -0.39 is 8.07 Å². The molecule has 0 aliphatic heterocycles. The Balaban J connectivity index is 2.95. The SMILES string of the molecule is CC(C)=CC(=O)c1cc([Si](C)(C)C)co1. The number of allylic oxidation sites excluding steroid dienone is 2. The van der Waals surface area contributed by atoms with E-state index in [2.05, 4.69) is 19.6 Å². The summed E-state index contributed by atoms with van der Waals surface area (Å²) in [6, 6.07) is 1.88. The predicted molar refractivity (Wildman–Crippen MR) is 65.4 cm³/mol. The first-order valence-corrected chi connectivity index (χ1v) is 8.59. The first-order chi connectivity index (χ1) is 6.80. The van der Waals surface area contributed by atoms with E-state index in [1.54, 1.807) is 12.3 Å². The van der Waals surface area contributed by atoms with Gasteiger partial charge >= 0.3 is 0 Å². The molecular weight excluding hydrogens is 204 g/mol. The van der Waals surface area contributed by atoms with Gasteiger partial charge in [0.2, 0.25) is 5.78 Å². The summed E-state index contributed by atoms with van der Waals surface area (Å²) in [6.45, 7) is 10.5. The van der Waals surface area contributed by atoms with Gasteiger partial charge in [-0.15, -0.1) is 0 Å². The summed E-state index contributed by atoms with van der Waals surface area (Å²) < 4.78 is 5.29. The van der Waals surface area contributed by atoms with E-state index in [4.69, 9.17) is 4.42 Å². The second-order valence-electron chi connectivity index (χ2n) is 5.04. The Morgan fingerprint density at radius 2 is 1.93 bits per heavy atom. The largest absolute Gasteiger partial charge is 0.461 e. The summed E-state index contributed by atoms with van der Waals surface area (Å²) >= 11 is 0. The van der Waals surface area contributed by atoms with Crippen molar-refractivity contribution in [2.75, 3.05) is 0 Å². The molecule has 15 heavy (non-hydrogen) atoms.